The van der Waals surface area contributed by atoms with Crippen LogP contribution in [0, 0.1) is 13.8 Å². The highest BCUT2D eigenvalue weighted by molar-refractivity contribution is 5.92. The van der Waals surface area contributed by atoms with Crippen molar-refractivity contribution in [1.29, 1.82) is 0 Å². The van der Waals surface area contributed by atoms with Crippen LogP contribution in [0.4, 0.5) is 0 Å². The van der Waals surface area contributed by atoms with Gasteiger partial charge in [-0.25, -0.2) is 0 Å². The minimum atomic E-state index is -0.784. The van der Waals surface area contributed by atoms with Gasteiger partial charge in [-0.15, -0.1) is 0 Å². The van der Waals surface area contributed by atoms with Crippen LogP contribution in [0.25, 0.3) is 0 Å². The molecule has 0 saturated carbocycles. The third-order valence-corrected chi connectivity index (χ3v) is 4.76. The molecule has 1 heterocycles. The number of hydrogen-bond donors (Lipinski definition) is 3. The molecule has 3 rings (SSSR count). The van der Waals surface area contributed by atoms with E-state index in [9.17, 15) is 14.4 Å². The number of primary amides is 1. The predicted octanol–water partition coefficient (Wildman–Crippen LogP) is 1.66. The largest absolute Gasteiger partial charge is 0.483 e. The predicted molar refractivity (Wildman–Crippen MR) is 101 cm³/mol. The summed E-state index contributed by atoms with van der Waals surface area (Å²) in [6, 6.07) is 7.02. The van der Waals surface area contributed by atoms with E-state index in [-0.39, 0.29) is 24.1 Å². The second-order valence-corrected chi connectivity index (χ2v) is 6.88. The lowest BCUT2D eigenvalue weighted by Crippen LogP contribution is -2.36. The highest BCUT2D eigenvalue weighted by Crippen LogP contribution is 2.28. The molecule has 4 N–H and O–H groups in total. The Morgan fingerprint density at radius 3 is 2.81 bits per heavy atom. The Hall–Kier alpha value is -3.09. The van der Waals surface area contributed by atoms with Gasteiger partial charge in [0.2, 0.25) is 0 Å². The normalized spacial score (nSPS) is 15.7. The zero-order chi connectivity index (χ0) is 19.6. The molecule has 142 valence electrons. The van der Waals surface area contributed by atoms with Crippen LogP contribution in [-0.2, 0) is 11.2 Å². The number of rotatable bonds is 5. The van der Waals surface area contributed by atoms with Crippen molar-refractivity contribution < 1.29 is 14.3 Å². The van der Waals surface area contributed by atoms with Crippen molar-refractivity contribution >= 4 is 11.8 Å². The summed E-state index contributed by atoms with van der Waals surface area (Å²) in [4.78, 5) is 38.5. The molecule has 27 heavy (non-hydrogen) atoms. The van der Waals surface area contributed by atoms with E-state index in [1.807, 2.05) is 32.0 Å². The van der Waals surface area contributed by atoms with E-state index in [4.69, 9.17) is 10.5 Å². The van der Waals surface area contributed by atoms with Crippen LogP contribution >= 0.6 is 0 Å². The first kappa shape index (κ1) is 18.7. The molecule has 0 saturated heterocycles. The van der Waals surface area contributed by atoms with Crippen molar-refractivity contribution in [1.82, 2.24) is 10.3 Å². The Balaban J connectivity index is 1.72. The van der Waals surface area contributed by atoms with Gasteiger partial charge in [0.25, 0.3) is 17.4 Å². The summed E-state index contributed by atoms with van der Waals surface area (Å²) in [5.41, 5.74) is 8.16. The topological polar surface area (TPSA) is 114 Å². The molecular formula is C20H23N3O4. The standard InChI is InChI=1S/C20H23N3O4/c1-11-6-7-12(2)17(8-11)27-10-18(24)22-15-4-3-5-16-13(15)9-14(19(21)25)20(26)23-16/h6-9,15H,3-5,10H2,1-2H3,(H2,21,25)(H,22,24)(H,23,26). The minimum Gasteiger partial charge on any atom is -0.483 e. The summed E-state index contributed by atoms with van der Waals surface area (Å²) in [7, 11) is 0. The first-order valence-corrected chi connectivity index (χ1v) is 8.90. The molecule has 1 atom stereocenters. The summed E-state index contributed by atoms with van der Waals surface area (Å²) in [6.07, 6.45) is 2.23. The molecule has 0 aliphatic heterocycles. The molecule has 0 radical (unpaired) electrons. The second kappa shape index (κ2) is 7.65. The van der Waals surface area contributed by atoms with E-state index in [0.29, 0.717) is 18.6 Å². The Kier molecular flexibility index (Phi) is 5.30. The van der Waals surface area contributed by atoms with Gasteiger partial charge in [0.05, 0.1) is 6.04 Å². The molecule has 2 aromatic rings. The average molecular weight is 369 g/mol. The van der Waals surface area contributed by atoms with Crippen molar-refractivity contribution in [3.63, 3.8) is 0 Å². The van der Waals surface area contributed by atoms with Gasteiger partial charge in [-0.05, 0) is 61.9 Å². The number of pyridine rings is 1. The van der Waals surface area contributed by atoms with E-state index >= 15 is 0 Å². The van der Waals surface area contributed by atoms with Crippen LogP contribution in [0.3, 0.4) is 0 Å². The maximum Gasteiger partial charge on any atom is 0.261 e. The SMILES string of the molecule is Cc1ccc(C)c(OCC(=O)NC2CCCc3[nH]c(=O)c(C(N)=O)cc32)c1. The maximum absolute atomic E-state index is 12.4. The first-order valence-electron chi connectivity index (χ1n) is 8.90. The molecule has 1 aliphatic carbocycles. The van der Waals surface area contributed by atoms with Gasteiger partial charge in [0.1, 0.15) is 11.3 Å². The van der Waals surface area contributed by atoms with Gasteiger partial charge in [0, 0.05) is 5.69 Å². The minimum absolute atomic E-state index is 0.0958. The number of carbonyl (C=O) groups excluding carboxylic acids is 2. The molecule has 0 spiro atoms. The number of fused-ring (bicyclic) bond motifs is 1. The number of aromatic nitrogens is 1. The van der Waals surface area contributed by atoms with Crippen LogP contribution in [0.15, 0.2) is 29.1 Å². The smallest absolute Gasteiger partial charge is 0.261 e. The molecular weight excluding hydrogens is 346 g/mol. The highest BCUT2D eigenvalue weighted by Gasteiger charge is 2.25. The van der Waals surface area contributed by atoms with Gasteiger partial charge in [0.15, 0.2) is 6.61 Å². The first-order chi connectivity index (χ1) is 12.8. The lowest BCUT2D eigenvalue weighted by Gasteiger charge is -2.26. The van der Waals surface area contributed by atoms with Gasteiger partial charge >= 0.3 is 0 Å². The van der Waals surface area contributed by atoms with Crippen LogP contribution in [0.1, 0.15) is 51.6 Å². The van der Waals surface area contributed by atoms with Crippen molar-refractivity contribution in [3.05, 3.63) is 62.6 Å². The van der Waals surface area contributed by atoms with Crippen molar-refractivity contribution in [2.75, 3.05) is 6.61 Å². The number of aromatic amines is 1. The molecule has 1 aliphatic rings. The van der Waals surface area contributed by atoms with Gasteiger partial charge in [-0.1, -0.05) is 12.1 Å². The number of nitrogens with one attached hydrogen (secondary N) is 2. The van der Waals surface area contributed by atoms with Gasteiger partial charge in [-0.3, -0.25) is 14.4 Å². The fourth-order valence-corrected chi connectivity index (χ4v) is 3.32. The van der Waals surface area contributed by atoms with Crippen LogP contribution < -0.4 is 21.3 Å². The van der Waals surface area contributed by atoms with Crippen LogP contribution in [0.5, 0.6) is 5.75 Å². The lowest BCUT2D eigenvalue weighted by atomic mass is 9.90. The Labute approximate surface area is 156 Å². The Bertz CT molecular complexity index is 949. The number of hydrogen-bond acceptors (Lipinski definition) is 4. The van der Waals surface area contributed by atoms with Crippen LogP contribution in [0.2, 0.25) is 0 Å². The lowest BCUT2D eigenvalue weighted by molar-refractivity contribution is -0.124. The fourth-order valence-electron chi connectivity index (χ4n) is 3.32. The zero-order valence-electron chi connectivity index (χ0n) is 15.4. The number of amides is 2. The maximum atomic E-state index is 12.4. The number of benzene rings is 1. The van der Waals surface area contributed by atoms with E-state index in [2.05, 4.69) is 10.3 Å². The molecule has 1 aromatic heterocycles. The number of aryl methyl sites for hydroxylation is 3. The molecule has 7 nitrogen and oxygen atoms in total. The molecule has 1 unspecified atom stereocenters. The molecule has 1 aromatic carbocycles. The van der Waals surface area contributed by atoms with Crippen molar-refractivity contribution in [2.45, 2.75) is 39.2 Å². The quantitative estimate of drug-likeness (QED) is 0.743. The van der Waals surface area contributed by atoms with E-state index < -0.39 is 11.5 Å². The molecule has 2 amide bonds. The highest BCUT2D eigenvalue weighted by atomic mass is 16.5. The number of ether oxygens (including phenoxy) is 1. The van der Waals surface area contributed by atoms with Crippen LogP contribution in [-0.4, -0.2) is 23.4 Å². The van der Waals surface area contributed by atoms with E-state index in [1.165, 1.54) is 6.07 Å². The fraction of sp³-hybridized carbons (Fsp3) is 0.350. The average Bonchev–Trinajstić information content (AvgIpc) is 2.62. The van der Waals surface area contributed by atoms with Crippen molar-refractivity contribution in [2.24, 2.45) is 5.73 Å². The molecule has 0 fully saturated rings. The summed E-state index contributed by atoms with van der Waals surface area (Å²) >= 11 is 0. The van der Waals surface area contributed by atoms with Gasteiger partial charge in [-0.2, -0.15) is 0 Å². The monoisotopic (exact) mass is 369 g/mol. The number of H-pyrrole nitrogens is 1. The summed E-state index contributed by atoms with van der Waals surface area (Å²) in [6.45, 7) is 3.77. The second-order valence-electron chi connectivity index (χ2n) is 6.88. The molecule has 0 bridgehead atoms. The summed E-state index contributed by atoms with van der Waals surface area (Å²) < 4.78 is 5.65. The zero-order valence-corrected chi connectivity index (χ0v) is 15.4. The summed E-state index contributed by atoms with van der Waals surface area (Å²) in [5, 5.41) is 2.93. The third-order valence-electron chi connectivity index (χ3n) is 4.76. The number of nitrogens with two attached hydrogens (primary N) is 1. The Morgan fingerprint density at radius 1 is 1.30 bits per heavy atom. The van der Waals surface area contributed by atoms with E-state index in [1.54, 1.807) is 0 Å². The van der Waals surface area contributed by atoms with Gasteiger partial charge < -0.3 is 20.8 Å². The summed E-state index contributed by atoms with van der Waals surface area (Å²) in [5.74, 6) is -0.372. The molecule has 7 heteroatoms. The number of carbonyl (C=O) groups is 2. The Morgan fingerprint density at radius 2 is 2.07 bits per heavy atom. The third kappa shape index (κ3) is 4.19. The van der Waals surface area contributed by atoms with E-state index in [0.717, 1.165) is 28.8 Å². The van der Waals surface area contributed by atoms with Crippen molar-refractivity contribution in [3.8, 4) is 5.75 Å².